The number of para-hydroxylation sites is 1. The average Bonchev–Trinajstić information content (AvgIpc) is 2.43. The number of methoxy groups -OCH3 is 1. The molecule has 7 nitrogen and oxygen atoms in total. The molecule has 0 saturated heterocycles. The van der Waals surface area contributed by atoms with E-state index in [1.165, 1.54) is 24.1 Å². The Hall–Kier alpha value is -2.41. The number of ether oxygens (including phenoxy) is 1. The van der Waals surface area contributed by atoms with Crippen molar-refractivity contribution < 1.29 is 9.66 Å². The first-order valence-corrected chi connectivity index (χ1v) is 5.93. The lowest BCUT2D eigenvalue weighted by Gasteiger charge is -2.08. The molecule has 104 valence electrons. The third-order valence-electron chi connectivity index (χ3n) is 2.69. The highest BCUT2D eigenvalue weighted by Crippen LogP contribution is 2.19. The average molecular weight is 296 g/mol. The summed E-state index contributed by atoms with van der Waals surface area (Å²) >= 11 is 5.73. The minimum Gasteiger partial charge on any atom is -0.489 e. The second kappa shape index (κ2) is 5.70. The molecule has 0 fully saturated rings. The van der Waals surface area contributed by atoms with Crippen molar-refractivity contribution in [1.82, 2.24) is 9.55 Å². The Kier molecular flexibility index (Phi) is 3.99. The topological polar surface area (TPSA) is 87.3 Å². The van der Waals surface area contributed by atoms with Crippen molar-refractivity contribution in [3.8, 4) is 5.75 Å². The third kappa shape index (κ3) is 2.62. The predicted molar refractivity (Wildman–Crippen MR) is 72.3 cm³/mol. The molecule has 2 rings (SSSR count). The van der Waals surface area contributed by atoms with Gasteiger partial charge in [0, 0.05) is 11.6 Å². The lowest BCUT2D eigenvalue weighted by molar-refractivity contribution is -0.385. The van der Waals surface area contributed by atoms with Crippen LogP contribution < -0.4 is 10.3 Å². The zero-order valence-electron chi connectivity index (χ0n) is 10.4. The molecular formula is C12H10ClN3O4. The van der Waals surface area contributed by atoms with Crippen LogP contribution in [0.3, 0.4) is 0 Å². The first-order valence-electron chi connectivity index (χ1n) is 5.55. The summed E-state index contributed by atoms with van der Waals surface area (Å²) in [7, 11) is 1.31. The Balaban J connectivity index is 2.46. The van der Waals surface area contributed by atoms with Crippen LogP contribution in [0, 0.1) is 10.1 Å². The minimum absolute atomic E-state index is 0.0104. The fraction of sp³-hybridized carbons (Fsp3) is 0.167. The summed E-state index contributed by atoms with van der Waals surface area (Å²) in [6.45, 7) is 0.0104. The van der Waals surface area contributed by atoms with Crippen molar-refractivity contribution >= 4 is 17.3 Å². The second-order valence-corrected chi connectivity index (χ2v) is 4.25. The van der Waals surface area contributed by atoms with Crippen molar-refractivity contribution in [2.75, 3.05) is 7.11 Å². The van der Waals surface area contributed by atoms with Gasteiger partial charge >= 0.3 is 0 Å². The van der Waals surface area contributed by atoms with E-state index in [0.29, 0.717) is 5.56 Å². The molecule has 1 heterocycles. The largest absolute Gasteiger partial charge is 0.489 e. The van der Waals surface area contributed by atoms with E-state index in [1.54, 1.807) is 18.2 Å². The zero-order valence-corrected chi connectivity index (χ0v) is 11.2. The highest BCUT2D eigenvalue weighted by Gasteiger charge is 2.15. The Morgan fingerprint density at radius 3 is 2.80 bits per heavy atom. The molecule has 0 saturated carbocycles. The molecule has 0 aliphatic rings. The van der Waals surface area contributed by atoms with E-state index in [0.717, 1.165) is 0 Å². The molecule has 0 bridgehead atoms. The van der Waals surface area contributed by atoms with Gasteiger partial charge < -0.3 is 4.74 Å². The van der Waals surface area contributed by atoms with Crippen molar-refractivity contribution in [1.29, 1.82) is 0 Å². The van der Waals surface area contributed by atoms with E-state index in [2.05, 4.69) is 4.98 Å². The number of aromatic nitrogens is 2. The van der Waals surface area contributed by atoms with E-state index >= 15 is 0 Å². The van der Waals surface area contributed by atoms with Crippen molar-refractivity contribution in [3.63, 3.8) is 0 Å². The Labute approximate surface area is 118 Å². The molecule has 0 radical (unpaired) electrons. The van der Waals surface area contributed by atoms with Gasteiger partial charge in [0.15, 0.2) is 5.15 Å². The molecule has 0 unspecified atom stereocenters. The first-order chi connectivity index (χ1) is 9.54. The van der Waals surface area contributed by atoms with E-state index in [4.69, 9.17) is 16.3 Å². The predicted octanol–water partition coefficient (Wildman–Crippen LogP) is 1.86. The number of nitro groups is 1. The normalized spacial score (nSPS) is 10.3. The van der Waals surface area contributed by atoms with E-state index in [1.807, 2.05) is 0 Å². The maximum atomic E-state index is 12.0. The molecule has 0 N–H and O–H groups in total. The molecule has 8 heteroatoms. The highest BCUT2D eigenvalue weighted by molar-refractivity contribution is 6.30. The molecule has 20 heavy (non-hydrogen) atoms. The SMILES string of the molecule is COc1c(Cl)ncn(Cc2ccccc2[N+](=O)[O-])c1=O. The fourth-order valence-corrected chi connectivity index (χ4v) is 1.94. The first kappa shape index (κ1) is 14.0. The quantitative estimate of drug-likeness (QED) is 0.488. The summed E-state index contributed by atoms with van der Waals surface area (Å²) in [4.78, 5) is 26.3. The molecular weight excluding hydrogens is 286 g/mol. The van der Waals surface area contributed by atoms with Crippen LogP contribution >= 0.6 is 11.6 Å². The van der Waals surface area contributed by atoms with Gasteiger partial charge in [-0.1, -0.05) is 29.8 Å². The molecule has 0 atom stereocenters. The lowest BCUT2D eigenvalue weighted by atomic mass is 10.2. The Bertz CT molecular complexity index is 714. The molecule has 0 amide bonds. The van der Waals surface area contributed by atoms with Crippen molar-refractivity contribution in [3.05, 3.63) is 61.8 Å². The summed E-state index contributed by atoms with van der Waals surface area (Å²) < 4.78 is 6.07. The molecule has 0 aliphatic heterocycles. The van der Waals surface area contributed by atoms with Crippen molar-refractivity contribution in [2.45, 2.75) is 6.54 Å². The van der Waals surface area contributed by atoms with Gasteiger partial charge in [-0.05, 0) is 0 Å². The van der Waals surface area contributed by atoms with Gasteiger partial charge in [-0.25, -0.2) is 4.98 Å². The van der Waals surface area contributed by atoms with Crippen LogP contribution in [0.1, 0.15) is 5.56 Å². The van der Waals surface area contributed by atoms with Crippen LogP contribution in [-0.2, 0) is 6.54 Å². The number of nitro benzene ring substituents is 1. The number of hydrogen-bond donors (Lipinski definition) is 0. The maximum absolute atomic E-state index is 12.0. The van der Waals surface area contributed by atoms with Gasteiger partial charge in [-0.3, -0.25) is 19.5 Å². The summed E-state index contributed by atoms with van der Waals surface area (Å²) in [6.07, 6.45) is 1.23. The van der Waals surface area contributed by atoms with Crippen LogP contribution in [0.15, 0.2) is 35.4 Å². The van der Waals surface area contributed by atoms with Gasteiger partial charge in [-0.15, -0.1) is 0 Å². The molecule has 1 aromatic heterocycles. The summed E-state index contributed by atoms with van der Waals surface area (Å²) in [5.74, 6) is -0.0900. The van der Waals surface area contributed by atoms with E-state index < -0.39 is 10.5 Å². The molecule has 0 aliphatic carbocycles. The zero-order chi connectivity index (χ0) is 14.7. The van der Waals surface area contributed by atoms with Gasteiger partial charge in [0.1, 0.15) is 0 Å². The smallest absolute Gasteiger partial charge is 0.297 e. The van der Waals surface area contributed by atoms with Gasteiger partial charge in [0.25, 0.3) is 11.2 Å². The Morgan fingerprint density at radius 2 is 2.15 bits per heavy atom. The minimum atomic E-state index is -0.499. The number of benzene rings is 1. The maximum Gasteiger partial charge on any atom is 0.297 e. The van der Waals surface area contributed by atoms with Crippen LogP contribution in [0.4, 0.5) is 5.69 Å². The Morgan fingerprint density at radius 1 is 1.45 bits per heavy atom. The van der Waals surface area contributed by atoms with E-state index in [9.17, 15) is 14.9 Å². The van der Waals surface area contributed by atoms with Crippen LogP contribution in [0.2, 0.25) is 5.15 Å². The summed E-state index contributed by atoms with van der Waals surface area (Å²) in [5.41, 5.74) is -0.162. The molecule has 0 spiro atoms. The van der Waals surface area contributed by atoms with Crippen LogP contribution in [0.5, 0.6) is 5.75 Å². The second-order valence-electron chi connectivity index (χ2n) is 3.89. The molecule has 1 aromatic carbocycles. The standard InChI is InChI=1S/C12H10ClN3O4/c1-20-10-11(13)14-7-15(12(10)17)6-8-4-2-3-5-9(8)16(18)19/h2-5,7H,6H2,1H3. The number of rotatable bonds is 4. The summed E-state index contributed by atoms with van der Waals surface area (Å²) in [6, 6.07) is 6.17. The number of nitrogens with zero attached hydrogens (tertiary/aromatic N) is 3. The van der Waals surface area contributed by atoms with Crippen molar-refractivity contribution in [2.24, 2.45) is 0 Å². The monoisotopic (exact) mass is 295 g/mol. The number of hydrogen-bond acceptors (Lipinski definition) is 5. The highest BCUT2D eigenvalue weighted by atomic mass is 35.5. The van der Waals surface area contributed by atoms with Crippen LogP contribution in [-0.4, -0.2) is 21.6 Å². The van der Waals surface area contributed by atoms with Crippen LogP contribution in [0.25, 0.3) is 0 Å². The third-order valence-corrected chi connectivity index (χ3v) is 2.96. The lowest BCUT2D eigenvalue weighted by Crippen LogP contribution is -2.23. The van der Waals surface area contributed by atoms with Gasteiger partial charge in [-0.2, -0.15) is 0 Å². The van der Waals surface area contributed by atoms with Gasteiger partial charge in [0.2, 0.25) is 5.75 Å². The number of halogens is 1. The van der Waals surface area contributed by atoms with E-state index in [-0.39, 0.29) is 23.1 Å². The molecule has 2 aromatic rings. The summed E-state index contributed by atoms with van der Waals surface area (Å²) in [5, 5.41) is 10.9. The van der Waals surface area contributed by atoms with Gasteiger partial charge in [0.05, 0.1) is 24.9 Å². The fourth-order valence-electron chi connectivity index (χ4n) is 1.74.